The van der Waals surface area contributed by atoms with E-state index in [1.807, 2.05) is 6.07 Å². The lowest BCUT2D eigenvalue weighted by Crippen LogP contribution is -2.26. The van der Waals surface area contributed by atoms with Gasteiger partial charge in [0.05, 0.1) is 19.8 Å². The summed E-state index contributed by atoms with van der Waals surface area (Å²) < 4.78 is 48.8. The van der Waals surface area contributed by atoms with Crippen LogP contribution in [0.25, 0.3) is 6.08 Å². The Labute approximate surface area is 166 Å². The molecule has 2 aromatic carbocycles. The normalized spacial score (nSPS) is 11.5. The summed E-state index contributed by atoms with van der Waals surface area (Å²) in [6.45, 7) is 0.232. The number of hydrogen-bond donors (Lipinski definition) is 1. The summed E-state index contributed by atoms with van der Waals surface area (Å²) in [5.41, 5.74) is -0.135. The Bertz CT molecular complexity index is 947. The Morgan fingerprint density at radius 2 is 1.86 bits per heavy atom. The van der Waals surface area contributed by atoms with Crippen LogP contribution in [0.1, 0.15) is 16.7 Å². The van der Waals surface area contributed by atoms with Gasteiger partial charge in [-0.25, -0.2) is 0 Å². The zero-order valence-electron chi connectivity index (χ0n) is 15.8. The monoisotopic (exact) mass is 404 g/mol. The van der Waals surface area contributed by atoms with E-state index < -0.39 is 17.6 Å². The molecule has 0 saturated carbocycles. The van der Waals surface area contributed by atoms with Crippen LogP contribution in [-0.4, -0.2) is 26.7 Å². The van der Waals surface area contributed by atoms with Crippen molar-refractivity contribution in [2.45, 2.75) is 12.6 Å². The molecule has 0 spiro atoms. The minimum absolute atomic E-state index is 0.117. The predicted molar refractivity (Wildman–Crippen MR) is 101 cm³/mol. The Morgan fingerprint density at radius 1 is 1.14 bits per heavy atom. The minimum atomic E-state index is -4.50. The average molecular weight is 404 g/mol. The molecular formula is C21H19F3N2O3. The molecule has 29 heavy (non-hydrogen) atoms. The highest BCUT2D eigenvalue weighted by atomic mass is 19.4. The highest BCUT2D eigenvalue weighted by Crippen LogP contribution is 2.30. The number of amides is 1. The summed E-state index contributed by atoms with van der Waals surface area (Å²) in [4.78, 5) is 12.2. The minimum Gasteiger partial charge on any atom is -0.493 e. The van der Waals surface area contributed by atoms with Crippen molar-refractivity contribution in [2.24, 2.45) is 0 Å². The van der Waals surface area contributed by atoms with Crippen molar-refractivity contribution in [1.82, 2.24) is 5.32 Å². The molecule has 0 radical (unpaired) electrons. The van der Waals surface area contributed by atoms with Crippen LogP contribution >= 0.6 is 0 Å². The third-order valence-electron chi connectivity index (χ3n) is 4.04. The first-order valence-corrected chi connectivity index (χ1v) is 8.56. The van der Waals surface area contributed by atoms with Crippen LogP contribution < -0.4 is 14.8 Å². The van der Waals surface area contributed by atoms with E-state index in [9.17, 15) is 23.2 Å². The molecule has 0 bridgehead atoms. The number of nitriles is 1. The summed E-state index contributed by atoms with van der Waals surface area (Å²) in [7, 11) is 3.04. The molecule has 2 aromatic rings. The first-order valence-electron chi connectivity index (χ1n) is 8.56. The number of methoxy groups -OCH3 is 2. The summed E-state index contributed by atoms with van der Waals surface area (Å²) in [5.74, 6) is 0.472. The van der Waals surface area contributed by atoms with Crippen LogP contribution in [0.5, 0.6) is 11.5 Å². The summed E-state index contributed by atoms with van der Waals surface area (Å²) in [6, 6.07) is 11.5. The van der Waals surface area contributed by atoms with Gasteiger partial charge in [-0.15, -0.1) is 0 Å². The molecular weight excluding hydrogens is 385 g/mol. The highest BCUT2D eigenvalue weighted by Gasteiger charge is 2.30. The van der Waals surface area contributed by atoms with E-state index in [0.717, 1.165) is 23.8 Å². The van der Waals surface area contributed by atoms with Crippen LogP contribution in [0.3, 0.4) is 0 Å². The fourth-order valence-corrected chi connectivity index (χ4v) is 2.57. The van der Waals surface area contributed by atoms with E-state index >= 15 is 0 Å². The lowest BCUT2D eigenvalue weighted by molar-refractivity contribution is -0.137. The molecule has 0 saturated heterocycles. The molecule has 1 N–H and O–H groups in total. The number of benzene rings is 2. The Balaban J connectivity index is 2.04. The van der Waals surface area contributed by atoms with E-state index in [1.165, 1.54) is 26.4 Å². The first kappa shape index (κ1) is 21.8. The predicted octanol–water partition coefficient (Wildman–Crippen LogP) is 3.99. The largest absolute Gasteiger partial charge is 0.493 e. The second-order valence-corrected chi connectivity index (χ2v) is 5.99. The van der Waals surface area contributed by atoms with Gasteiger partial charge in [0.15, 0.2) is 11.5 Å². The molecule has 0 unspecified atom stereocenters. The van der Waals surface area contributed by atoms with Gasteiger partial charge >= 0.3 is 6.18 Å². The van der Waals surface area contributed by atoms with Crippen molar-refractivity contribution in [2.75, 3.05) is 20.8 Å². The number of halogens is 3. The third kappa shape index (κ3) is 6.01. The van der Waals surface area contributed by atoms with E-state index in [1.54, 1.807) is 18.2 Å². The number of alkyl halides is 3. The smallest absolute Gasteiger partial charge is 0.416 e. The van der Waals surface area contributed by atoms with Crippen molar-refractivity contribution >= 4 is 12.0 Å². The number of rotatable bonds is 7. The van der Waals surface area contributed by atoms with Crippen molar-refractivity contribution in [1.29, 1.82) is 5.26 Å². The standard InChI is InChI=1S/C21H19F3N2O3/c1-28-18-7-6-14(12-19(18)29-2)8-9-26-20(27)16(13-25)10-15-4-3-5-17(11-15)21(22,23)24/h3-7,10-12H,8-9H2,1-2H3,(H,26,27)/b16-10+. The fourth-order valence-electron chi connectivity index (χ4n) is 2.57. The van der Waals surface area contributed by atoms with Crippen LogP contribution in [0.15, 0.2) is 48.0 Å². The van der Waals surface area contributed by atoms with Crippen LogP contribution in [0.4, 0.5) is 13.2 Å². The zero-order chi connectivity index (χ0) is 21.4. The van der Waals surface area contributed by atoms with Crippen molar-refractivity contribution in [3.63, 3.8) is 0 Å². The quantitative estimate of drug-likeness (QED) is 0.560. The zero-order valence-corrected chi connectivity index (χ0v) is 15.8. The molecule has 0 aliphatic carbocycles. The summed E-state index contributed by atoms with van der Waals surface area (Å²) in [5, 5.41) is 11.8. The van der Waals surface area contributed by atoms with Gasteiger partial charge < -0.3 is 14.8 Å². The Hall–Kier alpha value is -3.47. The number of nitrogens with zero attached hydrogens (tertiary/aromatic N) is 1. The molecule has 0 aliphatic rings. The molecule has 0 fully saturated rings. The van der Waals surface area contributed by atoms with Gasteiger partial charge in [0, 0.05) is 6.54 Å². The number of carbonyl (C=O) groups excluding carboxylic acids is 1. The molecule has 152 valence electrons. The van der Waals surface area contributed by atoms with Gasteiger partial charge in [-0.05, 0) is 47.9 Å². The summed E-state index contributed by atoms with van der Waals surface area (Å²) in [6.07, 6.45) is -2.91. The van der Waals surface area contributed by atoms with Crippen LogP contribution in [0, 0.1) is 11.3 Å². The average Bonchev–Trinajstić information content (AvgIpc) is 2.71. The Kier molecular flexibility index (Phi) is 7.26. The second kappa shape index (κ2) is 9.64. The van der Waals surface area contributed by atoms with Crippen LogP contribution in [-0.2, 0) is 17.4 Å². The van der Waals surface area contributed by atoms with Crippen molar-refractivity contribution < 1.29 is 27.4 Å². The third-order valence-corrected chi connectivity index (χ3v) is 4.04. The number of ether oxygens (including phenoxy) is 2. The molecule has 1 amide bonds. The van der Waals surface area contributed by atoms with Gasteiger partial charge in [-0.1, -0.05) is 18.2 Å². The molecule has 5 nitrogen and oxygen atoms in total. The van der Waals surface area contributed by atoms with Crippen LogP contribution in [0.2, 0.25) is 0 Å². The maximum atomic E-state index is 12.8. The fraction of sp³-hybridized carbons (Fsp3) is 0.238. The number of nitrogens with one attached hydrogen (secondary N) is 1. The molecule has 0 heterocycles. The summed E-state index contributed by atoms with van der Waals surface area (Å²) >= 11 is 0. The maximum Gasteiger partial charge on any atom is 0.416 e. The first-order chi connectivity index (χ1) is 13.8. The van der Waals surface area contributed by atoms with Crippen molar-refractivity contribution in [3.8, 4) is 17.6 Å². The van der Waals surface area contributed by atoms with Gasteiger partial charge in [-0.2, -0.15) is 18.4 Å². The topological polar surface area (TPSA) is 71.3 Å². The molecule has 0 aromatic heterocycles. The lowest BCUT2D eigenvalue weighted by Gasteiger charge is -2.10. The Morgan fingerprint density at radius 3 is 2.48 bits per heavy atom. The van der Waals surface area contributed by atoms with Gasteiger partial charge in [0.1, 0.15) is 11.6 Å². The van der Waals surface area contributed by atoms with Gasteiger partial charge in [-0.3, -0.25) is 4.79 Å². The SMILES string of the molecule is COc1ccc(CCNC(=O)/C(C#N)=C/c2cccc(C(F)(F)F)c2)cc1OC. The van der Waals surface area contributed by atoms with E-state index in [2.05, 4.69) is 5.32 Å². The second-order valence-electron chi connectivity index (χ2n) is 5.99. The highest BCUT2D eigenvalue weighted by molar-refractivity contribution is 6.01. The van der Waals surface area contributed by atoms with E-state index in [4.69, 9.17) is 9.47 Å². The van der Waals surface area contributed by atoms with Gasteiger partial charge in [0.25, 0.3) is 5.91 Å². The van der Waals surface area contributed by atoms with Crippen molar-refractivity contribution in [3.05, 3.63) is 64.7 Å². The van der Waals surface area contributed by atoms with Gasteiger partial charge in [0.2, 0.25) is 0 Å². The molecule has 0 atom stereocenters. The molecule has 8 heteroatoms. The van der Waals surface area contributed by atoms with E-state index in [-0.39, 0.29) is 17.7 Å². The van der Waals surface area contributed by atoms with E-state index in [0.29, 0.717) is 17.9 Å². The number of carbonyl (C=O) groups is 1. The molecule has 0 aliphatic heterocycles. The lowest BCUT2D eigenvalue weighted by atomic mass is 10.1. The molecule has 2 rings (SSSR count). The number of hydrogen-bond acceptors (Lipinski definition) is 4. The maximum absolute atomic E-state index is 12.8.